The second kappa shape index (κ2) is 3.69. The Balaban J connectivity index is 2.48. The van der Waals surface area contributed by atoms with Gasteiger partial charge in [-0.2, -0.15) is 0 Å². The van der Waals surface area contributed by atoms with Crippen LogP contribution in [0.5, 0.6) is 0 Å². The van der Waals surface area contributed by atoms with Crippen LogP contribution < -0.4 is 0 Å². The minimum absolute atomic E-state index is 0.180. The normalized spacial score (nSPS) is 19.0. The van der Waals surface area contributed by atoms with Crippen molar-refractivity contribution < 1.29 is 14.9 Å². The van der Waals surface area contributed by atoms with E-state index in [2.05, 4.69) is 0 Å². The summed E-state index contributed by atoms with van der Waals surface area (Å²) in [6.07, 6.45) is 0.845. The number of rotatable bonds is 2. The molecule has 1 heterocycles. The van der Waals surface area contributed by atoms with Crippen LogP contribution >= 0.6 is 0 Å². The van der Waals surface area contributed by atoms with Crippen molar-refractivity contribution in [3.05, 3.63) is 35.4 Å². The summed E-state index contributed by atoms with van der Waals surface area (Å²) in [5.41, 5.74) is 1.17. The van der Waals surface area contributed by atoms with Crippen molar-refractivity contribution >= 4 is 0 Å². The molecule has 14 heavy (non-hydrogen) atoms. The largest absolute Gasteiger partial charge is 0.393 e. The number of hydrogen-bond acceptors (Lipinski definition) is 3. The van der Waals surface area contributed by atoms with E-state index in [1.807, 2.05) is 24.3 Å². The summed E-state index contributed by atoms with van der Waals surface area (Å²) in [6.45, 7) is 0.194. The Morgan fingerprint density at radius 2 is 1.93 bits per heavy atom. The van der Waals surface area contributed by atoms with Gasteiger partial charge in [0.25, 0.3) is 0 Å². The summed E-state index contributed by atoms with van der Waals surface area (Å²) < 4.78 is 5.49. The van der Waals surface area contributed by atoms with Gasteiger partial charge in [0.2, 0.25) is 0 Å². The van der Waals surface area contributed by atoms with Crippen molar-refractivity contribution in [1.82, 2.24) is 0 Å². The lowest BCUT2D eigenvalue weighted by atomic mass is 9.87. The van der Waals surface area contributed by atoms with E-state index in [0.29, 0.717) is 6.61 Å². The van der Waals surface area contributed by atoms with Crippen molar-refractivity contribution in [2.24, 2.45) is 0 Å². The lowest BCUT2D eigenvalue weighted by Gasteiger charge is -2.36. The first-order valence-electron chi connectivity index (χ1n) is 4.76. The molecule has 0 bridgehead atoms. The highest BCUT2D eigenvalue weighted by Crippen LogP contribution is 2.32. The molecule has 0 saturated heterocycles. The van der Waals surface area contributed by atoms with Crippen LogP contribution in [-0.4, -0.2) is 30.0 Å². The van der Waals surface area contributed by atoms with E-state index in [1.165, 1.54) is 0 Å². The van der Waals surface area contributed by atoms with Crippen molar-refractivity contribution in [1.29, 1.82) is 0 Å². The molecule has 3 heteroatoms. The second-order valence-corrected chi connectivity index (χ2v) is 3.57. The maximum absolute atomic E-state index is 9.30. The molecule has 0 atom stereocenters. The molecule has 1 aliphatic heterocycles. The van der Waals surface area contributed by atoms with E-state index in [9.17, 15) is 10.2 Å². The smallest absolute Gasteiger partial charge is 0.139 e. The minimum atomic E-state index is -0.894. The van der Waals surface area contributed by atoms with Crippen molar-refractivity contribution in [2.45, 2.75) is 12.0 Å². The molecule has 2 rings (SSSR count). The van der Waals surface area contributed by atoms with E-state index < -0.39 is 5.60 Å². The Labute approximate surface area is 83.0 Å². The van der Waals surface area contributed by atoms with Gasteiger partial charge >= 0.3 is 0 Å². The Morgan fingerprint density at radius 1 is 1.21 bits per heavy atom. The van der Waals surface area contributed by atoms with Crippen LogP contribution in [0.15, 0.2) is 24.3 Å². The van der Waals surface area contributed by atoms with E-state index in [4.69, 9.17) is 4.74 Å². The average Bonchev–Trinajstić information content (AvgIpc) is 2.28. The van der Waals surface area contributed by atoms with E-state index in [1.54, 1.807) is 0 Å². The van der Waals surface area contributed by atoms with Crippen molar-refractivity contribution in [2.75, 3.05) is 19.8 Å². The SMILES string of the molecule is OCC1(CO)OCCc2ccccc21. The number of aliphatic hydroxyl groups excluding tert-OH is 2. The third-order valence-corrected chi connectivity index (χ3v) is 2.77. The first-order chi connectivity index (χ1) is 6.82. The monoisotopic (exact) mass is 194 g/mol. The van der Waals surface area contributed by atoms with Gasteiger partial charge in [-0.05, 0) is 17.5 Å². The van der Waals surface area contributed by atoms with Gasteiger partial charge in [0.15, 0.2) is 0 Å². The summed E-state index contributed by atoms with van der Waals surface area (Å²) in [4.78, 5) is 0. The standard InChI is InChI=1S/C11H14O3/c12-7-11(8-13)10-4-2-1-3-9(10)5-6-14-11/h1-4,12-13H,5-8H2. The molecule has 0 fully saturated rings. The first-order valence-corrected chi connectivity index (χ1v) is 4.76. The zero-order valence-electron chi connectivity index (χ0n) is 7.94. The van der Waals surface area contributed by atoms with Crippen LogP contribution in [-0.2, 0) is 16.8 Å². The Morgan fingerprint density at radius 3 is 2.64 bits per heavy atom. The van der Waals surface area contributed by atoms with Gasteiger partial charge in [0, 0.05) is 0 Å². The Hall–Kier alpha value is -0.900. The molecular formula is C11H14O3. The average molecular weight is 194 g/mol. The quantitative estimate of drug-likeness (QED) is 0.718. The van der Waals surface area contributed by atoms with Gasteiger partial charge in [-0.15, -0.1) is 0 Å². The van der Waals surface area contributed by atoms with Gasteiger partial charge in [-0.25, -0.2) is 0 Å². The minimum Gasteiger partial charge on any atom is -0.393 e. The lowest BCUT2D eigenvalue weighted by molar-refractivity contribution is -0.122. The van der Waals surface area contributed by atoms with Gasteiger partial charge in [-0.3, -0.25) is 0 Å². The summed E-state index contributed by atoms with van der Waals surface area (Å²) >= 11 is 0. The maximum Gasteiger partial charge on any atom is 0.139 e. The maximum atomic E-state index is 9.30. The first kappa shape index (κ1) is 9.65. The zero-order chi connectivity index (χ0) is 10.0. The molecule has 76 valence electrons. The van der Waals surface area contributed by atoms with Crippen LogP contribution in [0.3, 0.4) is 0 Å². The molecule has 0 radical (unpaired) electrons. The zero-order valence-corrected chi connectivity index (χ0v) is 7.94. The molecule has 1 aromatic rings. The van der Waals surface area contributed by atoms with E-state index in [-0.39, 0.29) is 13.2 Å². The Kier molecular flexibility index (Phi) is 2.54. The van der Waals surface area contributed by atoms with Crippen LogP contribution in [0, 0.1) is 0 Å². The molecule has 3 nitrogen and oxygen atoms in total. The summed E-state index contributed by atoms with van der Waals surface area (Å²) in [5, 5.41) is 18.6. The van der Waals surface area contributed by atoms with E-state index in [0.717, 1.165) is 17.5 Å². The summed E-state index contributed by atoms with van der Waals surface area (Å²) in [7, 11) is 0. The Bertz CT molecular complexity index is 318. The van der Waals surface area contributed by atoms with Gasteiger partial charge in [-0.1, -0.05) is 24.3 Å². The molecule has 0 amide bonds. The number of ether oxygens (including phenoxy) is 1. The third-order valence-electron chi connectivity index (χ3n) is 2.77. The fraction of sp³-hybridized carbons (Fsp3) is 0.455. The summed E-state index contributed by atoms with van der Waals surface area (Å²) in [5.74, 6) is 0. The van der Waals surface area contributed by atoms with Crippen LogP contribution in [0.2, 0.25) is 0 Å². The van der Waals surface area contributed by atoms with Crippen LogP contribution in [0.4, 0.5) is 0 Å². The topological polar surface area (TPSA) is 49.7 Å². The van der Waals surface area contributed by atoms with Crippen LogP contribution in [0.25, 0.3) is 0 Å². The molecule has 1 aromatic carbocycles. The highest BCUT2D eigenvalue weighted by atomic mass is 16.5. The molecule has 0 aromatic heterocycles. The third kappa shape index (κ3) is 1.34. The predicted octanol–water partition coefficient (Wildman–Crippen LogP) is 0.439. The molecule has 0 aliphatic carbocycles. The molecule has 0 unspecified atom stereocenters. The second-order valence-electron chi connectivity index (χ2n) is 3.57. The van der Waals surface area contributed by atoms with Gasteiger partial charge < -0.3 is 14.9 Å². The lowest BCUT2D eigenvalue weighted by Crippen LogP contribution is -2.42. The van der Waals surface area contributed by atoms with Gasteiger partial charge in [0.05, 0.1) is 19.8 Å². The summed E-state index contributed by atoms with van der Waals surface area (Å²) in [6, 6.07) is 7.77. The number of hydrogen-bond donors (Lipinski definition) is 2. The van der Waals surface area contributed by atoms with Gasteiger partial charge in [0.1, 0.15) is 5.60 Å². The highest BCUT2D eigenvalue weighted by Gasteiger charge is 2.36. The van der Waals surface area contributed by atoms with Crippen LogP contribution in [0.1, 0.15) is 11.1 Å². The predicted molar refractivity (Wildman–Crippen MR) is 51.9 cm³/mol. The highest BCUT2D eigenvalue weighted by molar-refractivity contribution is 5.34. The molecular weight excluding hydrogens is 180 g/mol. The van der Waals surface area contributed by atoms with Crippen molar-refractivity contribution in [3.63, 3.8) is 0 Å². The fourth-order valence-electron chi connectivity index (χ4n) is 1.93. The van der Waals surface area contributed by atoms with E-state index >= 15 is 0 Å². The number of benzene rings is 1. The number of fused-ring (bicyclic) bond motifs is 1. The number of aliphatic hydroxyl groups is 2. The molecule has 2 N–H and O–H groups in total. The fourth-order valence-corrected chi connectivity index (χ4v) is 1.93. The molecule has 0 saturated carbocycles. The molecule has 0 spiro atoms. The molecule has 1 aliphatic rings. The van der Waals surface area contributed by atoms with Crippen molar-refractivity contribution in [3.8, 4) is 0 Å².